The lowest BCUT2D eigenvalue weighted by molar-refractivity contribution is -0.115. The molecule has 0 unspecified atom stereocenters. The molecule has 2 amide bonds. The van der Waals surface area contributed by atoms with Gasteiger partial charge in [-0.3, -0.25) is 15.1 Å². The lowest BCUT2D eigenvalue weighted by Gasteiger charge is -2.01. The van der Waals surface area contributed by atoms with Gasteiger partial charge in [0.25, 0.3) is 0 Å². The summed E-state index contributed by atoms with van der Waals surface area (Å²) in [6, 6.07) is 10.5. The second-order valence-electron chi connectivity index (χ2n) is 7.29. The zero-order chi connectivity index (χ0) is 24.3. The van der Waals surface area contributed by atoms with Crippen molar-refractivity contribution in [1.29, 1.82) is 0 Å². The number of hydrogen-bond acceptors (Lipinski definition) is 11. The Morgan fingerprint density at radius 3 is 2.06 bits per heavy atom. The smallest absolute Gasteiger partial charge is 0.391 e. The first-order chi connectivity index (χ1) is 17.1. The molecule has 180 valence electrons. The van der Waals surface area contributed by atoms with Crippen molar-refractivity contribution in [3.8, 4) is 5.88 Å². The van der Waals surface area contributed by atoms with Gasteiger partial charge in [0.2, 0.25) is 22.1 Å². The van der Waals surface area contributed by atoms with Gasteiger partial charge in [-0.2, -0.15) is 0 Å². The fourth-order valence-corrected chi connectivity index (χ4v) is 4.55. The van der Waals surface area contributed by atoms with Gasteiger partial charge in [0.1, 0.15) is 10.0 Å². The number of ether oxygens (including phenoxy) is 1. The van der Waals surface area contributed by atoms with E-state index in [2.05, 4.69) is 41.0 Å². The van der Waals surface area contributed by atoms with Crippen LogP contribution in [-0.4, -0.2) is 42.4 Å². The Balaban J connectivity index is 1.11. The van der Waals surface area contributed by atoms with E-state index < -0.39 is 6.09 Å². The number of hydrogen-bond donors (Lipinski definition) is 2. The summed E-state index contributed by atoms with van der Waals surface area (Å²) in [7, 11) is 0. The van der Waals surface area contributed by atoms with Gasteiger partial charge >= 0.3 is 6.09 Å². The third-order valence-corrected chi connectivity index (χ3v) is 6.37. The molecule has 11 nitrogen and oxygen atoms in total. The quantitative estimate of drug-likeness (QED) is 0.287. The van der Waals surface area contributed by atoms with Crippen molar-refractivity contribution < 1.29 is 14.3 Å². The van der Waals surface area contributed by atoms with Crippen LogP contribution in [0, 0.1) is 0 Å². The summed E-state index contributed by atoms with van der Waals surface area (Å²) in [6.07, 6.45) is 7.14. The molecule has 13 heteroatoms. The maximum Gasteiger partial charge on any atom is 0.420 e. The highest BCUT2D eigenvalue weighted by Gasteiger charge is 2.11. The molecule has 0 aromatic carbocycles. The second kappa shape index (κ2) is 12.6. The summed E-state index contributed by atoms with van der Waals surface area (Å²) in [5, 5.41) is 24.2. The Bertz CT molecular complexity index is 1140. The minimum Gasteiger partial charge on any atom is -0.391 e. The van der Waals surface area contributed by atoms with Crippen molar-refractivity contribution in [1.82, 2.24) is 30.4 Å². The molecule has 0 saturated heterocycles. The molecule has 0 spiro atoms. The SMILES string of the molecule is O=C(Cc1ccccn1)Nc1nnc(CCCCCc2nnc(NC(=O)Oc3ccccn3)s2)s1. The molecule has 4 aromatic rings. The van der Waals surface area contributed by atoms with E-state index in [4.69, 9.17) is 4.74 Å². The molecule has 0 aliphatic carbocycles. The van der Waals surface area contributed by atoms with Crippen molar-refractivity contribution in [3.05, 3.63) is 64.5 Å². The topological polar surface area (TPSA) is 145 Å². The maximum atomic E-state index is 12.1. The molecule has 0 bridgehead atoms. The average Bonchev–Trinajstić information content (AvgIpc) is 3.49. The summed E-state index contributed by atoms with van der Waals surface area (Å²) in [6.45, 7) is 0. The van der Waals surface area contributed by atoms with Gasteiger partial charge < -0.3 is 10.1 Å². The summed E-state index contributed by atoms with van der Waals surface area (Å²) < 4.78 is 5.07. The number of nitrogens with zero attached hydrogens (tertiary/aromatic N) is 6. The zero-order valence-corrected chi connectivity index (χ0v) is 20.2. The van der Waals surface area contributed by atoms with Gasteiger partial charge in [-0.05, 0) is 31.0 Å². The first-order valence-corrected chi connectivity index (χ1v) is 12.5. The van der Waals surface area contributed by atoms with E-state index in [0.717, 1.165) is 42.1 Å². The van der Waals surface area contributed by atoms with E-state index in [1.165, 1.54) is 22.7 Å². The van der Waals surface area contributed by atoms with Crippen LogP contribution in [0.3, 0.4) is 0 Å². The highest BCUT2D eigenvalue weighted by molar-refractivity contribution is 7.15. The van der Waals surface area contributed by atoms with Crippen LogP contribution in [0.2, 0.25) is 0 Å². The molecule has 0 fully saturated rings. The number of carbonyl (C=O) groups excluding carboxylic acids is 2. The Labute approximate surface area is 209 Å². The number of aryl methyl sites for hydroxylation is 2. The molecule has 4 aromatic heterocycles. The first kappa shape index (κ1) is 24.3. The van der Waals surface area contributed by atoms with Crippen molar-refractivity contribution in [2.75, 3.05) is 10.6 Å². The average molecular weight is 511 g/mol. The minimum atomic E-state index is -0.657. The molecule has 35 heavy (non-hydrogen) atoms. The van der Waals surface area contributed by atoms with E-state index in [1.807, 2.05) is 18.2 Å². The molecule has 0 radical (unpaired) electrons. The van der Waals surface area contributed by atoms with Crippen molar-refractivity contribution in [2.24, 2.45) is 0 Å². The number of nitrogens with one attached hydrogen (secondary N) is 2. The van der Waals surface area contributed by atoms with Gasteiger partial charge in [-0.1, -0.05) is 41.2 Å². The third kappa shape index (κ3) is 8.15. The number of carbonyl (C=O) groups is 2. The minimum absolute atomic E-state index is 0.165. The molecular weight excluding hydrogens is 488 g/mol. The largest absolute Gasteiger partial charge is 0.420 e. The van der Waals surface area contributed by atoms with E-state index in [-0.39, 0.29) is 18.2 Å². The first-order valence-electron chi connectivity index (χ1n) is 10.9. The predicted molar refractivity (Wildman–Crippen MR) is 132 cm³/mol. The summed E-state index contributed by atoms with van der Waals surface area (Å²) in [4.78, 5) is 32.1. The van der Waals surface area contributed by atoms with E-state index >= 15 is 0 Å². The standard InChI is InChI=1S/C22H22N8O3S2/c31-16(14-15-8-4-6-12-23-15)25-20-29-27-18(34-20)10-2-1-3-11-19-28-30-21(35-19)26-22(32)33-17-9-5-7-13-24-17/h4-9,12-13H,1-3,10-11,14H2,(H,25,29,31)(H,26,30,32). The normalized spacial score (nSPS) is 10.6. The molecular formula is C22H22N8O3S2. The van der Waals surface area contributed by atoms with Crippen LogP contribution in [0.25, 0.3) is 0 Å². The van der Waals surface area contributed by atoms with E-state index in [0.29, 0.717) is 16.0 Å². The van der Waals surface area contributed by atoms with Gasteiger partial charge in [0, 0.05) is 37.0 Å². The summed E-state index contributed by atoms with van der Waals surface area (Å²) in [5.41, 5.74) is 0.706. The molecule has 0 atom stereocenters. The summed E-state index contributed by atoms with van der Waals surface area (Å²) in [5.74, 6) is 0.0477. The number of anilines is 2. The predicted octanol–water partition coefficient (Wildman–Crippen LogP) is 3.93. The summed E-state index contributed by atoms with van der Waals surface area (Å²) >= 11 is 2.70. The van der Waals surface area contributed by atoms with Gasteiger partial charge in [-0.25, -0.2) is 9.78 Å². The van der Waals surface area contributed by atoms with Crippen LogP contribution in [-0.2, 0) is 24.1 Å². The van der Waals surface area contributed by atoms with Gasteiger partial charge in [0.15, 0.2) is 0 Å². The fraction of sp³-hybridized carbons (Fsp3) is 0.273. The highest BCUT2D eigenvalue weighted by Crippen LogP contribution is 2.20. The van der Waals surface area contributed by atoms with Crippen LogP contribution in [0.4, 0.5) is 15.1 Å². The molecule has 4 rings (SSSR count). The van der Waals surface area contributed by atoms with Crippen LogP contribution in [0.15, 0.2) is 48.8 Å². The van der Waals surface area contributed by atoms with Gasteiger partial charge in [-0.15, -0.1) is 20.4 Å². The number of aromatic nitrogens is 6. The van der Waals surface area contributed by atoms with Crippen molar-refractivity contribution >= 4 is 44.9 Å². The maximum absolute atomic E-state index is 12.1. The Hall–Kier alpha value is -3.84. The van der Waals surface area contributed by atoms with Crippen LogP contribution < -0.4 is 15.4 Å². The monoisotopic (exact) mass is 510 g/mol. The Morgan fingerprint density at radius 1 is 0.771 bits per heavy atom. The van der Waals surface area contributed by atoms with Crippen molar-refractivity contribution in [2.45, 2.75) is 38.5 Å². The lowest BCUT2D eigenvalue weighted by atomic mass is 10.1. The molecule has 4 heterocycles. The Morgan fingerprint density at radius 2 is 1.43 bits per heavy atom. The zero-order valence-electron chi connectivity index (χ0n) is 18.6. The molecule has 0 aliphatic rings. The molecule has 2 N–H and O–H groups in total. The fourth-order valence-electron chi connectivity index (χ4n) is 2.99. The van der Waals surface area contributed by atoms with Crippen LogP contribution in [0.1, 0.15) is 35.0 Å². The van der Waals surface area contributed by atoms with Crippen molar-refractivity contribution in [3.63, 3.8) is 0 Å². The van der Waals surface area contributed by atoms with E-state index in [1.54, 1.807) is 30.6 Å². The third-order valence-electron chi connectivity index (χ3n) is 4.57. The second-order valence-corrected chi connectivity index (χ2v) is 9.42. The number of pyridine rings is 2. The lowest BCUT2D eigenvalue weighted by Crippen LogP contribution is -2.17. The highest BCUT2D eigenvalue weighted by atomic mass is 32.1. The van der Waals surface area contributed by atoms with Crippen LogP contribution >= 0.6 is 22.7 Å². The van der Waals surface area contributed by atoms with Crippen LogP contribution in [0.5, 0.6) is 5.88 Å². The van der Waals surface area contributed by atoms with Gasteiger partial charge in [0.05, 0.1) is 6.42 Å². The number of amides is 2. The molecule has 0 saturated carbocycles. The Kier molecular flexibility index (Phi) is 8.73. The number of unbranched alkanes of at least 4 members (excludes halogenated alkanes) is 2. The van der Waals surface area contributed by atoms with E-state index in [9.17, 15) is 9.59 Å². The molecule has 0 aliphatic heterocycles. The number of rotatable bonds is 11.